The van der Waals surface area contributed by atoms with Crippen molar-refractivity contribution in [3.63, 3.8) is 0 Å². The number of alkyl carbamates (subject to hydrolysis) is 1. The zero-order chi connectivity index (χ0) is 20.0. The minimum Gasteiger partial charge on any atom is -0.447 e. The highest BCUT2D eigenvalue weighted by atomic mass is 32.1. The zero-order valence-electron chi connectivity index (χ0n) is 14.3. The van der Waals surface area contributed by atoms with Crippen LogP contribution in [0.1, 0.15) is 13.8 Å². The van der Waals surface area contributed by atoms with Gasteiger partial charge in [-0.15, -0.1) is 13.2 Å². The van der Waals surface area contributed by atoms with Crippen LogP contribution < -0.4 is 15.4 Å². The quantitative estimate of drug-likeness (QED) is 0.705. The van der Waals surface area contributed by atoms with Gasteiger partial charge in [-0.1, -0.05) is 11.3 Å². The van der Waals surface area contributed by atoms with Crippen LogP contribution in [-0.4, -0.2) is 42.8 Å². The molecule has 2 N–H and O–H groups in total. The SMILES string of the molecule is CC(C)OC(=O)NCCOC(=O)Nc1nc2ccc(OC(F)(F)F)cc2s1. The van der Waals surface area contributed by atoms with Gasteiger partial charge < -0.3 is 19.5 Å². The molecule has 0 aliphatic heterocycles. The summed E-state index contributed by atoms with van der Waals surface area (Å²) in [5, 5.41) is 4.90. The second kappa shape index (κ2) is 8.75. The van der Waals surface area contributed by atoms with Gasteiger partial charge in [-0.05, 0) is 26.0 Å². The number of halogens is 3. The van der Waals surface area contributed by atoms with E-state index < -0.39 is 18.5 Å². The predicted octanol–water partition coefficient (Wildman–Crippen LogP) is 3.88. The van der Waals surface area contributed by atoms with E-state index in [1.165, 1.54) is 12.1 Å². The van der Waals surface area contributed by atoms with E-state index >= 15 is 0 Å². The molecule has 2 amide bonds. The third-order valence-corrected chi connectivity index (χ3v) is 3.68. The first-order valence-electron chi connectivity index (χ1n) is 7.67. The number of anilines is 1. The lowest BCUT2D eigenvalue weighted by Gasteiger charge is -2.09. The number of thiazole rings is 1. The molecule has 0 unspecified atom stereocenters. The van der Waals surface area contributed by atoms with Crippen molar-refractivity contribution in [3.05, 3.63) is 18.2 Å². The van der Waals surface area contributed by atoms with Gasteiger partial charge in [0.25, 0.3) is 0 Å². The molecule has 8 nitrogen and oxygen atoms in total. The monoisotopic (exact) mass is 407 g/mol. The van der Waals surface area contributed by atoms with Crippen LogP contribution >= 0.6 is 11.3 Å². The normalized spacial score (nSPS) is 11.3. The Morgan fingerprint density at radius 1 is 1.26 bits per heavy atom. The van der Waals surface area contributed by atoms with E-state index in [2.05, 4.69) is 20.4 Å². The number of rotatable bonds is 6. The second-order valence-corrected chi connectivity index (χ2v) is 6.37. The maximum atomic E-state index is 12.2. The van der Waals surface area contributed by atoms with E-state index in [0.717, 1.165) is 17.4 Å². The number of carbonyl (C=O) groups is 2. The highest BCUT2D eigenvalue weighted by molar-refractivity contribution is 7.22. The standard InChI is InChI=1S/C15H16F3N3O5S/c1-8(2)25-13(22)19-5-6-24-14(23)21-12-20-10-4-3-9(7-11(10)27-12)26-15(16,17)18/h3-4,7-8H,5-6H2,1-2H3,(H,19,22)(H,20,21,23). The van der Waals surface area contributed by atoms with E-state index in [-0.39, 0.29) is 30.1 Å². The summed E-state index contributed by atoms with van der Waals surface area (Å²) in [7, 11) is 0. The minimum absolute atomic E-state index is 0.0525. The molecule has 0 aliphatic carbocycles. The van der Waals surface area contributed by atoms with Gasteiger partial charge in [0.05, 0.1) is 22.9 Å². The summed E-state index contributed by atoms with van der Waals surface area (Å²) in [5.74, 6) is -0.382. The zero-order valence-corrected chi connectivity index (χ0v) is 15.1. The molecule has 1 aromatic carbocycles. The lowest BCUT2D eigenvalue weighted by Crippen LogP contribution is -2.30. The number of hydrogen-bond donors (Lipinski definition) is 2. The largest absolute Gasteiger partial charge is 0.573 e. The summed E-state index contributed by atoms with van der Waals surface area (Å²) in [6.07, 6.45) is -6.51. The van der Waals surface area contributed by atoms with Crippen LogP contribution in [0.25, 0.3) is 10.2 Å². The Balaban J connectivity index is 1.83. The molecular formula is C15H16F3N3O5S. The Morgan fingerprint density at radius 3 is 2.67 bits per heavy atom. The van der Waals surface area contributed by atoms with E-state index in [1.807, 2.05) is 0 Å². The van der Waals surface area contributed by atoms with Crippen molar-refractivity contribution in [3.8, 4) is 5.75 Å². The first-order chi connectivity index (χ1) is 12.6. The number of benzene rings is 1. The Hall–Kier alpha value is -2.76. The van der Waals surface area contributed by atoms with Crippen molar-refractivity contribution in [2.45, 2.75) is 26.3 Å². The molecule has 0 saturated carbocycles. The summed E-state index contributed by atoms with van der Waals surface area (Å²) in [6, 6.07) is 3.63. The number of nitrogens with zero attached hydrogens (tertiary/aromatic N) is 1. The number of nitrogens with one attached hydrogen (secondary N) is 2. The number of fused-ring (bicyclic) bond motifs is 1. The third kappa shape index (κ3) is 7.17. The van der Waals surface area contributed by atoms with E-state index in [4.69, 9.17) is 9.47 Å². The Labute approximate surface area is 155 Å². The number of aromatic nitrogens is 1. The third-order valence-electron chi connectivity index (χ3n) is 2.75. The van der Waals surface area contributed by atoms with Gasteiger partial charge in [0.15, 0.2) is 5.13 Å². The van der Waals surface area contributed by atoms with Crippen LogP contribution in [0.5, 0.6) is 5.75 Å². The summed E-state index contributed by atoms with van der Waals surface area (Å²) in [4.78, 5) is 27.0. The minimum atomic E-state index is -4.79. The Morgan fingerprint density at radius 2 is 2.00 bits per heavy atom. The molecule has 0 fully saturated rings. The van der Waals surface area contributed by atoms with E-state index in [9.17, 15) is 22.8 Å². The number of carbonyl (C=O) groups excluding carboxylic acids is 2. The molecule has 0 saturated heterocycles. The van der Waals surface area contributed by atoms with Gasteiger partial charge in [0, 0.05) is 6.07 Å². The molecular weight excluding hydrogens is 391 g/mol. The van der Waals surface area contributed by atoms with E-state index in [1.54, 1.807) is 13.8 Å². The number of amides is 2. The van der Waals surface area contributed by atoms with Crippen molar-refractivity contribution in [1.29, 1.82) is 0 Å². The average molecular weight is 407 g/mol. The summed E-state index contributed by atoms with van der Waals surface area (Å²) in [6.45, 7) is 3.34. The summed E-state index contributed by atoms with van der Waals surface area (Å²) >= 11 is 0.957. The number of hydrogen-bond acceptors (Lipinski definition) is 7. The predicted molar refractivity (Wildman–Crippen MR) is 90.9 cm³/mol. The van der Waals surface area contributed by atoms with Crippen molar-refractivity contribution >= 4 is 38.9 Å². The maximum absolute atomic E-state index is 12.2. The highest BCUT2D eigenvalue weighted by Gasteiger charge is 2.31. The van der Waals surface area contributed by atoms with Crippen LogP contribution in [0.15, 0.2) is 18.2 Å². The van der Waals surface area contributed by atoms with Crippen molar-refractivity contribution in [1.82, 2.24) is 10.3 Å². The smallest absolute Gasteiger partial charge is 0.447 e. The van der Waals surface area contributed by atoms with Gasteiger partial charge in [0.1, 0.15) is 12.4 Å². The molecule has 2 rings (SSSR count). The molecule has 0 radical (unpaired) electrons. The van der Waals surface area contributed by atoms with Gasteiger partial charge in [-0.3, -0.25) is 5.32 Å². The lowest BCUT2D eigenvalue weighted by molar-refractivity contribution is -0.274. The Bertz CT molecular complexity index is 810. The van der Waals surface area contributed by atoms with Crippen molar-refractivity contribution in [2.75, 3.05) is 18.5 Å². The molecule has 0 atom stereocenters. The van der Waals surface area contributed by atoms with Crippen LogP contribution in [-0.2, 0) is 9.47 Å². The number of ether oxygens (including phenoxy) is 3. The topological polar surface area (TPSA) is 98.8 Å². The molecule has 0 spiro atoms. The average Bonchev–Trinajstić information content (AvgIpc) is 2.90. The fourth-order valence-corrected chi connectivity index (χ4v) is 2.71. The molecule has 1 heterocycles. The summed E-state index contributed by atoms with van der Waals surface area (Å²) < 4.78 is 50.6. The van der Waals surface area contributed by atoms with Crippen molar-refractivity contribution < 1.29 is 37.0 Å². The van der Waals surface area contributed by atoms with Gasteiger partial charge in [-0.2, -0.15) is 0 Å². The van der Waals surface area contributed by atoms with Gasteiger partial charge in [-0.25, -0.2) is 14.6 Å². The fraction of sp³-hybridized carbons (Fsp3) is 0.400. The van der Waals surface area contributed by atoms with Crippen molar-refractivity contribution in [2.24, 2.45) is 0 Å². The van der Waals surface area contributed by atoms with Gasteiger partial charge in [0.2, 0.25) is 0 Å². The molecule has 0 aliphatic rings. The van der Waals surface area contributed by atoms with Gasteiger partial charge >= 0.3 is 18.5 Å². The molecule has 1 aromatic heterocycles. The Kier molecular flexibility index (Phi) is 6.66. The van der Waals surface area contributed by atoms with E-state index in [0.29, 0.717) is 10.2 Å². The molecule has 27 heavy (non-hydrogen) atoms. The molecule has 0 bridgehead atoms. The lowest BCUT2D eigenvalue weighted by atomic mass is 10.3. The highest BCUT2D eigenvalue weighted by Crippen LogP contribution is 2.31. The first-order valence-corrected chi connectivity index (χ1v) is 8.48. The summed E-state index contributed by atoms with van der Waals surface area (Å²) in [5.41, 5.74) is 0.392. The fourth-order valence-electron chi connectivity index (χ4n) is 1.83. The van der Waals surface area contributed by atoms with Crippen LogP contribution in [0.2, 0.25) is 0 Å². The number of alkyl halides is 3. The molecule has 12 heteroatoms. The van der Waals surface area contributed by atoms with Crippen LogP contribution in [0, 0.1) is 0 Å². The second-order valence-electron chi connectivity index (χ2n) is 5.34. The van der Waals surface area contributed by atoms with Crippen LogP contribution in [0.3, 0.4) is 0 Å². The molecule has 2 aromatic rings. The maximum Gasteiger partial charge on any atom is 0.573 e. The first kappa shape index (κ1) is 20.6. The van der Waals surface area contributed by atoms with Crippen LogP contribution in [0.4, 0.5) is 27.9 Å². The molecule has 148 valence electrons.